The smallest absolute Gasteiger partial charge is 0.254 e. The predicted molar refractivity (Wildman–Crippen MR) is 61.4 cm³/mol. The summed E-state index contributed by atoms with van der Waals surface area (Å²) in [7, 11) is 2.29. The van der Waals surface area contributed by atoms with Gasteiger partial charge in [-0.1, -0.05) is 19.1 Å². The van der Waals surface area contributed by atoms with Crippen LogP contribution in [-0.2, 0) is 10.8 Å². The molecule has 0 aliphatic heterocycles. The molecule has 0 radical (unpaired) electrons. The Morgan fingerprint density at radius 1 is 1.33 bits per heavy atom. The van der Waals surface area contributed by atoms with E-state index in [1.54, 1.807) is 38.4 Å². The van der Waals surface area contributed by atoms with Crippen LogP contribution in [0.15, 0.2) is 29.2 Å². The summed E-state index contributed by atoms with van der Waals surface area (Å²) in [5, 5.41) is 0. The van der Waals surface area contributed by atoms with E-state index in [2.05, 4.69) is 0 Å². The molecule has 1 aromatic rings. The molecule has 0 N–H and O–H groups in total. The molecule has 3 nitrogen and oxygen atoms in total. The molecular formula is C11H15NO2S. The molecule has 0 spiro atoms. The van der Waals surface area contributed by atoms with Crippen molar-refractivity contribution in [1.82, 2.24) is 4.90 Å². The highest BCUT2D eigenvalue weighted by Crippen LogP contribution is 2.15. The standard InChI is InChI=1S/C11H15NO2S/c1-4-15(14)10-8-6-5-7-9(10)11(13)12(2)3/h5-8H,4H2,1-3H3. The summed E-state index contributed by atoms with van der Waals surface area (Å²) in [5.74, 6) is 0.421. The van der Waals surface area contributed by atoms with Crippen molar-refractivity contribution in [3.05, 3.63) is 29.8 Å². The van der Waals surface area contributed by atoms with Gasteiger partial charge in [0.15, 0.2) is 0 Å². The number of rotatable bonds is 3. The topological polar surface area (TPSA) is 37.4 Å². The molecule has 1 atom stereocenters. The maximum absolute atomic E-state index is 11.8. The predicted octanol–water partition coefficient (Wildman–Crippen LogP) is 1.52. The minimum atomic E-state index is -1.09. The van der Waals surface area contributed by atoms with Crippen LogP contribution in [0, 0.1) is 0 Å². The van der Waals surface area contributed by atoms with Crippen molar-refractivity contribution in [2.24, 2.45) is 0 Å². The zero-order valence-corrected chi connectivity index (χ0v) is 10.0. The summed E-state index contributed by atoms with van der Waals surface area (Å²) >= 11 is 0. The van der Waals surface area contributed by atoms with Gasteiger partial charge in [-0.15, -0.1) is 0 Å². The third-order valence-corrected chi connectivity index (χ3v) is 3.40. The number of carbonyl (C=O) groups excluding carboxylic acids is 1. The van der Waals surface area contributed by atoms with Crippen LogP contribution in [0.25, 0.3) is 0 Å². The summed E-state index contributed by atoms with van der Waals surface area (Å²) in [6, 6.07) is 7.05. The molecule has 0 aliphatic carbocycles. The van der Waals surface area contributed by atoms with Gasteiger partial charge < -0.3 is 4.90 Å². The number of benzene rings is 1. The molecule has 4 heteroatoms. The Morgan fingerprint density at radius 2 is 1.93 bits per heavy atom. The van der Waals surface area contributed by atoms with Crippen LogP contribution in [0.4, 0.5) is 0 Å². The van der Waals surface area contributed by atoms with Gasteiger partial charge >= 0.3 is 0 Å². The maximum Gasteiger partial charge on any atom is 0.254 e. The quantitative estimate of drug-likeness (QED) is 0.782. The summed E-state index contributed by atoms with van der Waals surface area (Å²) in [6.45, 7) is 1.84. The average Bonchev–Trinajstić information content (AvgIpc) is 2.27. The Kier molecular flexibility index (Phi) is 4.03. The molecule has 1 aromatic carbocycles. The monoisotopic (exact) mass is 225 g/mol. The SMILES string of the molecule is CCS(=O)c1ccccc1C(=O)N(C)C. The lowest BCUT2D eigenvalue weighted by molar-refractivity contribution is 0.0824. The van der Waals surface area contributed by atoms with Crippen molar-refractivity contribution in [3.8, 4) is 0 Å². The highest BCUT2D eigenvalue weighted by Gasteiger charge is 2.15. The Morgan fingerprint density at radius 3 is 2.47 bits per heavy atom. The van der Waals surface area contributed by atoms with E-state index in [4.69, 9.17) is 0 Å². The minimum Gasteiger partial charge on any atom is -0.345 e. The molecule has 0 saturated carbocycles. The van der Waals surface area contributed by atoms with Crippen molar-refractivity contribution < 1.29 is 9.00 Å². The van der Waals surface area contributed by atoms with Gasteiger partial charge in [0.2, 0.25) is 0 Å². The van der Waals surface area contributed by atoms with Gasteiger partial charge in [0, 0.05) is 19.8 Å². The number of hydrogen-bond acceptors (Lipinski definition) is 2. The van der Waals surface area contributed by atoms with E-state index in [9.17, 15) is 9.00 Å². The molecule has 0 bridgehead atoms. The van der Waals surface area contributed by atoms with Gasteiger partial charge in [-0.25, -0.2) is 0 Å². The van der Waals surface area contributed by atoms with E-state index >= 15 is 0 Å². The summed E-state index contributed by atoms with van der Waals surface area (Å²) in [6.07, 6.45) is 0. The molecule has 82 valence electrons. The van der Waals surface area contributed by atoms with Crippen molar-refractivity contribution in [2.45, 2.75) is 11.8 Å². The van der Waals surface area contributed by atoms with Crippen LogP contribution in [-0.4, -0.2) is 34.9 Å². The van der Waals surface area contributed by atoms with Crippen LogP contribution in [0.3, 0.4) is 0 Å². The zero-order valence-electron chi connectivity index (χ0n) is 9.19. The number of amides is 1. The molecular weight excluding hydrogens is 210 g/mol. The van der Waals surface area contributed by atoms with Gasteiger partial charge in [0.1, 0.15) is 0 Å². The molecule has 0 saturated heterocycles. The first-order valence-corrected chi connectivity index (χ1v) is 6.09. The van der Waals surface area contributed by atoms with Crippen LogP contribution < -0.4 is 0 Å². The molecule has 1 unspecified atom stereocenters. The second-order valence-corrected chi connectivity index (χ2v) is 5.04. The number of carbonyl (C=O) groups is 1. The van der Waals surface area contributed by atoms with E-state index in [-0.39, 0.29) is 5.91 Å². The third kappa shape index (κ3) is 2.65. The fraction of sp³-hybridized carbons (Fsp3) is 0.364. The van der Waals surface area contributed by atoms with Gasteiger partial charge in [-0.2, -0.15) is 0 Å². The second-order valence-electron chi connectivity index (χ2n) is 3.33. The molecule has 15 heavy (non-hydrogen) atoms. The minimum absolute atomic E-state index is 0.104. The van der Waals surface area contributed by atoms with Gasteiger partial charge in [-0.05, 0) is 12.1 Å². The van der Waals surface area contributed by atoms with Gasteiger partial charge in [0.25, 0.3) is 5.91 Å². The van der Waals surface area contributed by atoms with Crippen molar-refractivity contribution >= 4 is 16.7 Å². The van der Waals surface area contributed by atoms with E-state index in [1.165, 1.54) is 4.90 Å². The van der Waals surface area contributed by atoms with E-state index in [1.807, 2.05) is 6.92 Å². The lowest BCUT2D eigenvalue weighted by Gasteiger charge is -2.13. The number of nitrogens with zero attached hydrogens (tertiary/aromatic N) is 1. The van der Waals surface area contributed by atoms with Crippen molar-refractivity contribution in [3.63, 3.8) is 0 Å². The summed E-state index contributed by atoms with van der Waals surface area (Å²) in [5.41, 5.74) is 0.530. The van der Waals surface area contributed by atoms with Crippen LogP contribution in [0.2, 0.25) is 0 Å². The molecule has 0 aromatic heterocycles. The highest BCUT2D eigenvalue weighted by atomic mass is 32.2. The van der Waals surface area contributed by atoms with Gasteiger partial charge in [0.05, 0.1) is 21.3 Å². The Hall–Kier alpha value is -1.16. The summed E-state index contributed by atoms with van der Waals surface area (Å²) in [4.78, 5) is 13.9. The highest BCUT2D eigenvalue weighted by molar-refractivity contribution is 7.85. The van der Waals surface area contributed by atoms with Gasteiger partial charge in [-0.3, -0.25) is 9.00 Å². The van der Waals surface area contributed by atoms with Crippen LogP contribution in [0.1, 0.15) is 17.3 Å². The number of hydrogen-bond donors (Lipinski definition) is 0. The van der Waals surface area contributed by atoms with Crippen LogP contribution >= 0.6 is 0 Å². The maximum atomic E-state index is 11.8. The fourth-order valence-corrected chi connectivity index (χ4v) is 2.18. The first-order chi connectivity index (χ1) is 7.07. The van der Waals surface area contributed by atoms with E-state index < -0.39 is 10.8 Å². The summed E-state index contributed by atoms with van der Waals surface area (Å²) < 4.78 is 11.7. The third-order valence-electron chi connectivity index (χ3n) is 2.03. The van der Waals surface area contributed by atoms with Crippen molar-refractivity contribution in [1.29, 1.82) is 0 Å². The Balaban J connectivity index is 3.18. The molecule has 0 fully saturated rings. The van der Waals surface area contributed by atoms with E-state index in [0.29, 0.717) is 16.2 Å². The molecule has 1 amide bonds. The fourth-order valence-electron chi connectivity index (χ4n) is 1.24. The second kappa shape index (κ2) is 5.07. The Labute approximate surface area is 92.6 Å². The average molecular weight is 225 g/mol. The molecule has 0 heterocycles. The Bertz CT molecular complexity index is 388. The van der Waals surface area contributed by atoms with Crippen molar-refractivity contribution in [2.75, 3.05) is 19.8 Å². The lowest BCUT2D eigenvalue weighted by Crippen LogP contribution is -2.23. The lowest BCUT2D eigenvalue weighted by atomic mass is 10.2. The zero-order chi connectivity index (χ0) is 11.4. The van der Waals surface area contributed by atoms with E-state index in [0.717, 1.165) is 0 Å². The first-order valence-electron chi connectivity index (χ1n) is 4.77. The largest absolute Gasteiger partial charge is 0.345 e. The van der Waals surface area contributed by atoms with Crippen LogP contribution in [0.5, 0.6) is 0 Å². The molecule has 0 aliphatic rings. The normalized spacial score (nSPS) is 12.2. The first kappa shape index (κ1) is 11.9. The molecule has 1 rings (SSSR count).